The molecule has 0 saturated heterocycles. The van der Waals surface area contributed by atoms with Gasteiger partial charge in [0.05, 0.1) is 12.2 Å². The Balaban J connectivity index is 1.82. The quantitative estimate of drug-likeness (QED) is 0.501. The van der Waals surface area contributed by atoms with Crippen molar-refractivity contribution in [1.82, 2.24) is 14.6 Å². The summed E-state index contributed by atoms with van der Waals surface area (Å²) in [6, 6.07) is 16.2. The Morgan fingerprint density at radius 1 is 0.931 bits per heavy atom. The number of hydrogen-bond donors (Lipinski definition) is 0. The Hall–Kier alpha value is -3.26. The van der Waals surface area contributed by atoms with E-state index in [9.17, 15) is 12.8 Å². The molecule has 0 unspecified atom stereocenters. The summed E-state index contributed by atoms with van der Waals surface area (Å²) in [4.78, 5) is 0.121. The van der Waals surface area contributed by atoms with Crippen LogP contribution in [-0.2, 0) is 16.6 Å². The van der Waals surface area contributed by atoms with E-state index in [0.29, 0.717) is 22.7 Å². The second kappa shape index (κ2) is 7.29. The maximum atomic E-state index is 13.6. The average Bonchev–Trinajstić information content (AvgIpc) is 3.09. The standard InChI is InChI=1S/C21H19FN4O2S/c1-15-3-9-19(10-4-15)26(13-17-5-7-18(22)8-6-17)29(27,28)20-11-12-21-24-23-16(2)25(21)14-20/h3-12,14H,13H2,1-2H3. The molecular formula is C21H19FN4O2S. The first-order chi connectivity index (χ1) is 13.8. The molecule has 0 fully saturated rings. The highest BCUT2D eigenvalue weighted by Crippen LogP contribution is 2.27. The third-order valence-electron chi connectivity index (χ3n) is 4.70. The molecule has 0 bridgehead atoms. The molecule has 0 spiro atoms. The van der Waals surface area contributed by atoms with Crippen LogP contribution in [0.4, 0.5) is 10.1 Å². The van der Waals surface area contributed by atoms with Gasteiger partial charge in [-0.2, -0.15) is 0 Å². The molecule has 0 atom stereocenters. The van der Waals surface area contributed by atoms with Gasteiger partial charge in [-0.15, -0.1) is 10.2 Å². The minimum atomic E-state index is -3.90. The molecule has 0 amide bonds. The van der Waals surface area contributed by atoms with Gasteiger partial charge in [-0.1, -0.05) is 29.8 Å². The zero-order chi connectivity index (χ0) is 20.6. The van der Waals surface area contributed by atoms with Gasteiger partial charge in [0.1, 0.15) is 16.5 Å². The average molecular weight is 410 g/mol. The van der Waals surface area contributed by atoms with Crippen molar-refractivity contribution in [1.29, 1.82) is 0 Å². The third kappa shape index (κ3) is 3.71. The highest BCUT2D eigenvalue weighted by molar-refractivity contribution is 7.92. The van der Waals surface area contributed by atoms with Crippen molar-refractivity contribution in [2.45, 2.75) is 25.3 Å². The van der Waals surface area contributed by atoms with Gasteiger partial charge in [-0.25, -0.2) is 12.8 Å². The van der Waals surface area contributed by atoms with Crippen LogP contribution in [-0.4, -0.2) is 23.0 Å². The van der Waals surface area contributed by atoms with Crippen molar-refractivity contribution in [3.63, 3.8) is 0 Å². The molecule has 8 heteroatoms. The number of anilines is 1. The van der Waals surface area contributed by atoms with Crippen LogP contribution in [0.2, 0.25) is 0 Å². The number of nitrogens with zero attached hydrogens (tertiary/aromatic N) is 4. The van der Waals surface area contributed by atoms with Crippen molar-refractivity contribution in [3.8, 4) is 0 Å². The topological polar surface area (TPSA) is 67.6 Å². The summed E-state index contributed by atoms with van der Waals surface area (Å²) in [5.41, 5.74) is 2.80. The van der Waals surface area contributed by atoms with E-state index in [1.807, 2.05) is 19.1 Å². The fourth-order valence-corrected chi connectivity index (χ4v) is 4.50. The van der Waals surface area contributed by atoms with Crippen LogP contribution in [0.15, 0.2) is 71.8 Å². The maximum Gasteiger partial charge on any atom is 0.266 e. The number of halogens is 1. The second-order valence-corrected chi connectivity index (χ2v) is 8.68. The summed E-state index contributed by atoms with van der Waals surface area (Å²) in [6.07, 6.45) is 1.52. The predicted octanol–water partition coefficient (Wildman–Crippen LogP) is 3.88. The zero-order valence-corrected chi connectivity index (χ0v) is 16.8. The minimum Gasteiger partial charge on any atom is -0.285 e. The molecule has 2 aromatic carbocycles. The van der Waals surface area contributed by atoms with Gasteiger partial charge >= 0.3 is 0 Å². The first kappa shape index (κ1) is 19.1. The molecule has 6 nitrogen and oxygen atoms in total. The summed E-state index contributed by atoms with van der Waals surface area (Å²) in [7, 11) is -3.90. The number of hydrogen-bond acceptors (Lipinski definition) is 4. The summed E-state index contributed by atoms with van der Waals surface area (Å²) in [5.74, 6) is 0.226. The molecule has 2 aromatic heterocycles. The fraction of sp³-hybridized carbons (Fsp3) is 0.143. The lowest BCUT2D eigenvalue weighted by atomic mass is 10.2. The van der Waals surface area contributed by atoms with E-state index in [0.717, 1.165) is 5.56 Å². The maximum absolute atomic E-state index is 13.6. The molecule has 0 saturated carbocycles. The minimum absolute atomic E-state index is 0.0743. The highest BCUT2D eigenvalue weighted by atomic mass is 32.2. The smallest absolute Gasteiger partial charge is 0.266 e. The van der Waals surface area contributed by atoms with E-state index < -0.39 is 10.0 Å². The number of fused-ring (bicyclic) bond motifs is 1. The van der Waals surface area contributed by atoms with Crippen LogP contribution < -0.4 is 4.31 Å². The zero-order valence-electron chi connectivity index (χ0n) is 15.9. The summed E-state index contributed by atoms with van der Waals surface area (Å²) < 4.78 is 43.4. The van der Waals surface area contributed by atoms with E-state index in [2.05, 4.69) is 10.2 Å². The van der Waals surface area contributed by atoms with Crippen molar-refractivity contribution in [2.24, 2.45) is 0 Å². The molecule has 0 aliphatic heterocycles. The lowest BCUT2D eigenvalue weighted by molar-refractivity contribution is 0.589. The molecule has 0 radical (unpaired) electrons. The van der Waals surface area contributed by atoms with Crippen molar-refractivity contribution >= 4 is 21.4 Å². The fourth-order valence-electron chi connectivity index (χ4n) is 3.05. The Bertz CT molecular complexity index is 1270. The van der Waals surface area contributed by atoms with Gasteiger partial charge in [-0.05, 0) is 55.8 Å². The molecular weight excluding hydrogens is 391 g/mol. The Labute approximate surface area is 168 Å². The number of rotatable bonds is 5. The highest BCUT2D eigenvalue weighted by Gasteiger charge is 2.26. The normalized spacial score (nSPS) is 11.7. The number of sulfonamides is 1. The van der Waals surface area contributed by atoms with Gasteiger partial charge in [-0.3, -0.25) is 8.71 Å². The largest absolute Gasteiger partial charge is 0.285 e. The monoisotopic (exact) mass is 410 g/mol. The number of benzene rings is 2. The number of aryl methyl sites for hydroxylation is 2. The first-order valence-corrected chi connectivity index (χ1v) is 10.4. The van der Waals surface area contributed by atoms with Gasteiger partial charge < -0.3 is 0 Å². The van der Waals surface area contributed by atoms with E-state index in [4.69, 9.17) is 0 Å². The van der Waals surface area contributed by atoms with E-state index >= 15 is 0 Å². The molecule has 0 aliphatic rings. The van der Waals surface area contributed by atoms with Crippen LogP contribution in [0, 0.1) is 19.7 Å². The number of aromatic nitrogens is 3. The first-order valence-electron chi connectivity index (χ1n) is 9.00. The summed E-state index contributed by atoms with van der Waals surface area (Å²) >= 11 is 0. The Morgan fingerprint density at radius 2 is 1.62 bits per heavy atom. The van der Waals surface area contributed by atoms with Gasteiger partial charge in [0, 0.05) is 6.20 Å². The lowest BCUT2D eigenvalue weighted by Gasteiger charge is -2.25. The molecule has 29 heavy (non-hydrogen) atoms. The molecule has 2 heterocycles. The van der Waals surface area contributed by atoms with Gasteiger partial charge in [0.25, 0.3) is 10.0 Å². The van der Waals surface area contributed by atoms with Crippen molar-refractivity contribution < 1.29 is 12.8 Å². The third-order valence-corrected chi connectivity index (χ3v) is 6.45. The van der Waals surface area contributed by atoms with Crippen LogP contribution in [0.5, 0.6) is 0 Å². The molecule has 4 rings (SSSR count). The molecule has 0 aliphatic carbocycles. The lowest BCUT2D eigenvalue weighted by Crippen LogP contribution is -2.30. The van der Waals surface area contributed by atoms with Gasteiger partial charge in [0.2, 0.25) is 0 Å². The molecule has 4 aromatic rings. The van der Waals surface area contributed by atoms with E-state index in [1.165, 1.54) is 28.7 Å². The van der Waals surface area contributed by atoms with Crippen LogP contribution >= 0.6 is 0 Å². The van der Waals surface area contributed by atoms with Crippen LogP contribution in [0.25, 0.3) is 5.65 Å². The second-order valence-electron chi connectivity index (χ2n) is 6.81. The van der Waals surface area contributed by atoms with E-state index in [1.54, 1.807) is 41.7 Å². The van der Waals surface area contributed by atoms with Gasteiger partial charge in [0.15, 0.2) is 5.65 Å². The predicted molar refractivity (Wildman–Crippen MR) is 109 cm³/mol. The summed E-state index contributed by atoms with van der Waals surface area (Å²) in [6.45, 7) is 3.77. The van der Waals surface area contributed by atoms with Crippen LogP contribution in [0.3, 0.4) is 0 Å². The summed E-state index contributed by atoms with van der Waals surface area (Å²) in [5, 5.41) is 7.98. The van der Waals surface area contributed by atoms with Crippen molar-refractivity contribution in [3.05, 3.63) is 89.6 Å². The Kier molecular flexibility index (Phi) is 4.79. The van der Waals surface area contributed by atoms with Crippen LogP contribution in [0.1, 0.15) is 17.0 Å². The molecule has 148 valence electrons. The van der Waals surface area contributed by atoms with Crippen molar-refractivity contribution in [2.75, 3.05) is 4.31 Å². The van der Waals surface area contributed by atoms with E-state index in [-0.39, 0.29) is 17.3 Å². The molecule has 0 N–H and O–H groups in total. The SMILES string of the molecule is Cc1ccc(N(Cc2ccc(F)cc2)S(=O)(=O)c2ccc3nnc(C)n3c2)cc1. The Morgan fingerprint density at radius 3 is 2.31 bits per heavy atom. The number of pyridine rings is 1.